The fourth-order valence-corrected chi connectivity index (χ4v) is 4.31. The van der Waals surface area contributed by atoms with Crippen LogP contribution in [0.3, 0.4) is 0 Å². The summed E-state index contributed by atoms with van der Waals surface area (Å²) in [5.74, 6) is 0.207. The number of phenolic OH excluding ortho intramolecular Hbond substituents is 1. The van der Waals surface area contributed by atoms with E-state index >= 15 is 0 Å². The highest BCUT2D eigenvalue weighted by Crippen LogP contribution is 2.46. The second kappa shape index (κ2) is 7.94. The molecule has 4 nitrogen and oxygen atoms in total. The number of hydrogen-bond donors (Lipinski definition) is 1. The van der Waals surface area contributed by atoms with Crippen LogP contribution < -0.4 is 0 Å². The molecule has 0 unspecified atom stereocenters. The van der Waals surface area contributed by atoms with Gasteiger partial charge in [0.05, 0.1) is 0 Å². The van der Waals surface area contributed by atoms with Crippen molar-refractivity contribution in [1.82, 2.24) is 15.0 Å². The Morgan fingerprint density at radius 2 is 1.43 bits per heavy atom. The third-order valence-electron chi connectivity index (χ3n) is 6.92. The molecule has 0 amide bonds. The van der Waals surface area contributed by atoms with Crippen molar-refractivity contribution in [3.8, 4) is 11.4 Å². The Kier molecular flexibility index (Phi) is 5.78. The third kappa shape index (κ3) is 3.65. The van der Waals surface area contributed by atoms with Gasteiger partial charge in [0.2, 0.25) is 0 Å². The first-order chi connectivity index (χ1) is 13.4. The first kappa shape index (κ1) is 20.4. The van der Waals surface area contributed by atoms with Gasteiger partial charge in [-0.1, -0.05) is 65.7 Å². The number of nitrogens with zero attached hydrogens (tertiary/aromatic N) is 3. The van der Waals surface area contributed by atoms with E-state index in [-0.39, 0.29) is 11.2 Å². The molecule has 0 saturated carbocycles. The first-order valence-corrected chi connectivity index (χ1v) is 10.6. The van der Waals surface area contributed by atoms with Crippen LogP contribution in [0.4, 0.5) is 0 Å². The lowest BCUT2D eigenvalue weighted by atomic mass is 9.64. The van der Waals surface area contributed by atoms with E-state index in [1.807, 2.05) is 24.3 Å². The van der Waals surface area contributed by atoms with Crippen LogP contribution in [0.5, 0.6) is 5.75 Å². The van der Waals surface area contributed by atoms with Crippen molar-refractivity contribution in [3.05, 3.63) is 48.0 Å². The number of phenols is 1. The summed E-state index contributed by atoms with van der Waals surface area (Å²) in [7, 11) is 0. The van der Waals surface area contributed by atoms with Crippen molar-refractivity contribution < 1.29 is 5.11 Å². The summed E-state index contributed by atoms with van der Waals surface area (Å²) >= 11 is 0. The SMILES string of the molecule is CCC(C)(CC)CC(CC)(CC)c1ccc(O)c(-n2nc3ccccc3n2)c1. The van der Waals surface area contributed by atoms with Crippen LogP contribution in [0.25, 0.3) is 16.7 Å². The van der Waals surface area contributed by atoms with E-state index < -0.39 is 0 Å². The quantitative estimate of drug-likeness (QED) is 0.492. The number of benzene rings is 2. The fourth-order valence-electron chi connectivity index (χ4n) is 4.31. The van der Waals surface area contributed by atoms with E-state index in [9.17, 15) is 5.11 Å². The molecule has 3 rings (SSSR count). The zero-order valence-electron chi connectivity index (χ0n) is 17.9. The van der Waals surface area contributed by atoms with Gasteiger partial charge >= 0.3 is 0 Å². The molecule has 2 aromatic carbocycles. The second-order valence-electron chi connectivity index (χ2n) is 8.36. The topological polar surface area (TPSA) is 50.9 Å². The molecule has 3 aromatic rings. The molecule has 0 aliphatic carbocycles. The molecule has 0 radical (unpaired) electrons. The summed E-state index contributed by atoms with van der Waals surface area (Å²) in [5, 5.41) is 19.7. The van der Waals surface area contributed by atoms with Crippen LogP contribution >= 0.6 is 0 Å². The number of hydrogen-bond acceptors (Lipinski definition) is 3. The van der Waals surface area contributed by atoms with Gasteiger partial charge in [-0.25, -0.2) is 0 Å². The number of aromatic hydroxyl groups is 1. The summed E-state index contributed by atoms with van der Waals surface area (Å²) in [4.78, 5) is 1.57. The molecule has 28 heavy (non-hydrogen) atoms. The molecule has 1 heterocycles. The molecule has 150 valence electrons. The minimum absolute atomic E-state index is 0.0792. The van der Waals surface area contributed by atoms with Gasteiger partial charge in [-0.05, 0) is 59.9 Å². The molecule has 0 saturated heterocycles. The maximum Gasteiger partial charge on any atom is 0.143 e. The molecule has 1 aromatic heterocycles. The molecule has 0 fully saturated rings. The van der Waals surface area contributed by atoms with E-state index in [0.717, 1.165) is 30.3 Å². The van der Waals surface area contributed by atoms with Crippen molar-refractivity contribution in [2.24, 2.45) is 5.41 Å². The molecular weight excluding hydrogens is 346 g/mol. The minimum Gasteiger partial charge on any atom is -0.506 e. The average molecular weight is 380 g/mol. The molecular formula is C24H33N3O. The number of aromatic nitrogens is 3. The molecule has 0 atom stereocenters. The number of rotatable bonds is 8. The van der Waals surface area contributed by atoms with Gasteiger partial charge in [0.1, 0.15) is 22.5 Å². The molecule has 0 spiro atoms. The van der Waals surface area contributed by atoms with E-state index in [2.05, 4.69) is 56.9 Å². The standard InChI is InChI=1S/C24H33N3O/c1-6-23(5,7-2)17-24(8-3,9-4)18-14-15-22(28)21(16-18)27-25-19-12-10-11-13-20(19)26-27/h10-16,28H,6-9,17H2,1-5H3. The van der Waals surface area contributed by atoms with Crippen LogP contribution in [0.1, 0.15) is 72.3 Å². The first-order valence-electron chi connectivity index (χ1n) is 10.6. The van der Waals surface area contributed by atoms with Crippen LogP contribution in [0.15, 0.2) is 42.5 Å². The Balaban J connectivity index is 2.09. The Hall–Kier alpha value is -2.36. The largest absolute Gasteiger partial charge is 0.506 e. The lowest BCUT2D eigenvalue weighted by Crippen LogP contribution is -2.32. The van der Waals surface area contributed by atoms with E-state index in [0.29, 0.717) is 11.1 Å². The highest BCUT2D eigenvalue weighted by molar-refractivity contribution is 5.73. The maximum atomic E-state index is 10.5. The highest BCUT2D eigenvalue weighted by atomic mass is 16.3. The van der Waals surface area contributed by atoms with Crippen LogP contribution in [-0.4, -0.2) is 20.1 Å². The predicted octanol–water partition coefficient (Wildman–Crippen LogP) is 6.40. The zero-order chi connectivity index (χ0) is 20.4. The fraction of sp³-hybridized carbons (Fsp3) is 0.500. The highest BCUT2D eigenvalue weighted by Gasteiger charge is 2.36. The summed E-state index contributed by atoms with van der Waals surface area (Å²) < 4.78 is 0. The maximum absolute atomic E-state index is 10.5. The van der Waals surface area contributed by atoms with Crippen molar-refractivity contribution in [2.45, 2.75) is 72.1 Å². The normalized spacial score (nSPS) is 12.6. The lowest BCUT2D eigenvalue weighted by Gasteiger charge is -2.41. The van der Waals surface area contributed by atoms with Gasteiger partial charge in [0, 0.05) is 0 Å². The second-order valence-corrected chi connectivity index (χ2v) is 8.36. The average Bonchev–Trinajstić information content (AvgIpc) is 3.16. The molecule has 1 N–H and O–H groups in total. The van der Waals surface area contributed by atoms with Crippen molar-refractivity contribution in [2.75, 3.05) is 0 Å². The Bertz CT molecular complexity index is 903. The predicted molar refractivity (Wildman–Crippen MR) is 116 cm³/mol. The molecule has 0 aliphatic heterocycles. The van der Waals surface area contributed by atoms with Crippen LogP contribution in [0.2, 0.25) is 0 Å². The molecule has 0 bridgehead atoms. The monoisotopic (exact) mass is 379 g/mol. The van der Waals surface area contributed by atoms with E-state index in [1.54, 1.807) is 10.9 Å². The van der Waals surface area contributed by atoms with Crippen molar-refractivity contribution in [1.29, 1.82) is 0 Å². The Labute approximate surface area is 168 Å². The van der Waals surface area contributed by atoms with Gasteiger partial charge in [0.25, 0.3) is 0 Å². The van der Waals surface area contributed by atoms with Gasteiger partial charge < -0.3 is 5.11 Å². The van der Waals surface area contributed by atoms with Gasteiger partial charge in [-0.3, -0.25) is 0 Å². The minimum atomic E-state index is 0.0792. The van der Waals surface area contributed by atoms with E-state index in [4.69, 9.17) is 0 Å². The summed E-state index contributed by atoms with van der Waals surface area (Å²) in [5.41, 5.74) is 3.95. The van der Waals surface area contributed by atoms with Gasteiger partial charge in [0.15, 0.2) is 0 Å². The number of fused-ring (bicyclic) bond motifs is 1. The van der Waals surface area contributed by atoms with Crippen molar-refractivity contribution >= 4 is 11.0 Å². The van der Waals surface area contributed by atoms with Crippen LogP contribution in [0, 0.1) is 5.41 Å². The van der Waals surface area contributed by atoms with Crippen LogP contribution in [-0.2, 0) is 5.41 Å². The molecule has 4 heteroatoms. The zero-order valence-corrected chi connectivity index (χ0v) is 17.9. The van der Waals surface area contributed by atoms with Gasteiger partial charge in [-0.2, -0.15) is 0 Å². The summed E-state index contributed by atoms with van der Waals surface area (Å²) in [6, 6.07) is 13.8. The Morgan fingerprint density at radius 3 is 1.93 bits per heavy atom. The van der Waals surface area contributed by atoms with Crippen molar-refractivity contribution in [3.63, 3.8) is 0 Å². The summed E-state index contributed by atoms with van der Waals surface area (Å²) in [6.45, 7) is 11.5. The smallest absolute Gasteiger partial charge is 0.143 e. The lowest BCUT2D eigenvalue weighted by molar-refractivity contribution is 0.183. The third-order valence-corrected chi connectivity index (χ3v) is 6.92. The van der Waals surface area contributed by atoms with Gasteiger partial charge in [-0.15, -0.1) is 15.0 Å². The summed E-state index contributed by atoms with van der Waals surface area (Å²) in [6.07, 6.45) is 5.61. The Morgan fingerprint density at radius 1 is 0.857 bits per heavy atom. The van der Waals surface area contributed by atoms with E-state index in [1.165, 1.54) is 18.4 Å². The molecule has 0 aliphatic rings.